The van der Waals surface area contributed by atoms with Crippen molar-refractivity contribution in [2.45, 2.75) is 31.4 Å². The number of hydrazone groups is 1. The van der Waals surface area contributed by atoms with Gasteiger partial charge in [-0.2, -0.15) is 10.1 Å². The predicted molar refractivity (Wildman–Crippen MR) is 85.8 cm³/mol. The molecule has 0 saturated heterocycles. The number of nitrogens with zero attached hydrogens (tertiary/aromatic N) is 2. The molecule has 1 amide bonds. The minimum absolute atomic E-state index is 0.112. The van der Waals surface area contributed by atoms with Crippen molar-refractivity contribution >= 4 is 22.4 Å². The highest BCUT2D eigenvalue weighted by Crippen LogP contribution is 2.41. The average Bonchev–Trinajstić information content (AvgIpc) is 3.37. The fourth-order valence-corrected chi connectivity index (χ4v) is 3.15. The van der Waals surface area contributed by atoms with Crippen LogP contribution in [0.2, 0.25) is 0 Å². The van der Waals surface area contributed by atoms with E-state index < -0.39 is 18.1 Å². The average molecular weight is 330 g/mol. The monoisotopic (exact) mass is 330 g/mol. The van der Waals surface area contributed by atoms with Gasteiger partial charge in [0.2, 0.25) is 5.72 Å². The number of carbonyl (C=O) groups is 1. The second kappa shape index (κ2) is 5.34. The van der Waals surface area contributed by atoms with Crippen LogP contribution in [0.25, 0.3) is 10.8 Å². The van der Waals surface area contributed by atoms with Gasteiger partial charge in [0.1, 0.15) is 0 Å². The number of benzene rings is 2. The summed E-state index contributed by atoms with van der Waals surface area (Å²) in [6.07, 6.45) is -1.63. The van der Waals surface area contributed by atoms with E-state index in [1.807, 2.05) is 18.2 Å². The summed E-state index contributed by atoms with van der Waals surface area (Å²) in [7, 11) is 0. The van der Waals surface area contributed by atoms with Crippen LogP contribution < -0.4 is 0 Å². The summed E-state index contributed by atoms with van der Waals surface area (Å²) >= 11 is 0. The summed E-state index contributed by atoms with van der Waals surface area (Å²) in [4.78, 5) is 12.9. The van der Waals surface area contributed by atoms with Gasteiger partial charge in [-0.1, -0.05) is 36.4 Å². The molecule has 0 bridgehead atoms. The fraction of sp³-hybridized carbons (Fsp3) is 0.333. The summed E-state index contributed by atoms with van der Waals surface area (Å²) in [6.45, 7) is 0. The van der Waals surface area contributed by atoms with Crippen molar-refractivity contribution < 1.29 is 18.7 Å². The van der Waals surface area contributed by atoms with Crippen molar-refractivity contribution in [1.29, 1.82) is 0 Å². The number of halogens is 2. The van der Waals surface area contributed by atoms with Crippen LogP contribution in [-0.2, 0) is 0 Å². The topological polar surface area (TPSA) is 52.9 Å². The molecule has 4 rings (SSSR count). The first kappa shape index (κ1) is 15.2. The Labute approximate surface area is 137 Å². The molecule has 124 valence electrons. The lowest BCUT2D eigenvalue weighted by molar-refractivity contribution is -0.164. The van der Waals surface area contributed by atoms with E-state index in [2.05, 4.69) is 5.10 Å². The van der Waals surface area contributed by atoms with Crippen LogP contribution in [0.4, 0.5) is 8.78 Å². The molecule has 0 radical (unpaired) electrons. The Morgan fingerprint density at radius 2 is 1.92 bits per heavy atom. The Balaban J connectivity index is 1.78. The Morgan fingerprint density at radius 1 is 1.21 bits per heavy atom. The van der Waals surface area contributed by atoms with Gasteiger partial charge < -0.3 is 5.11 Å². The quantitative estimate of drug-likeness (QED) is 0.938. The van der Waals surface area contributed by atoms with E-state index in [-0.39, 0.29) is 17.9 Å². The number of hydrogen-bond donors (Lipinski definition) is 1. The van der Waals surface area contributed by atoms with Gasteiger partial charge in [-0.3, -0.25) is 4.79 Å². The fourth-order valence-electron chi connectivity index (χ4n) is 3.15. The number of amides is 1. The molecule has 1 fully saturated rings. The van der Waals surface area contributed by atoms with Crippen LogP contribution in [0.5, 0.6) is 0 Å². The van der Waals surface area contributed by atoms with Crippen LogP contribution in [0.3, 0.4) is 0 Å². The third kappa shape index (κ3) is 2.29. The van der Waals surface area contributed by atoms with E-state index in [4.69, 9.17) is 0 Å². The molecule has 6 heteroatoms. The highest BCUT2D eigenvalue weighted by atomic mass is 19.3. The van der Waals surface area contributed by atoms with E-state index in [1.54, 1.807) is 24.3 Å². The molecular weight excluding hydrogens is 314 g/mol. The molecule has 1 unspecified atom stereocenters. The van der Waals surface area contributed by atoms with Crippen LogP contribution in [-0.4, -0.2) is 33.9 Å². The molecule has 1 aliphatic heterocycles. The Morgan fingerprint density at radius 3 is 2.62 bits per heavy atom. The van der Waals surface area contributed by atoms with Crippen LogP contribution >= 0.6 is 0 Å². The van der Waals surface area contributed by atoms with E-state index in [1.165, 1.54) is 0 Å². The number of carbonyl (C=O) groups excluding carboxylic acids is 1. The minimum atomic E-state index is -3.09. The molecule has 2 aliphatic rings. The molecule has 0 spiro atoms. The van der Waals surface area contributed by atoms with E-state index in [0.717, 1.165) is 18.2 Å². The smallest absolute Gasteiger partial charge is 0.287 e. The van der Waals surface area contributed by atoms with Crippen molar-refractivity contribution in [2.24, 2.45) is 11.0 Å². The summed E-state index contributed by atoms with van der Waals surface area (Å²) < 4.78 is 27.0. The number of hydrogen-bond acceptors (Lipinski definition) is 3. The van der Waals surface area contributed by atoms with Crippen molar-refractivity contribution in [2.75, 3.05) is 0 Å². The molecule has 2 aromatic carbocycles. The molecule has 1 heterocycles. The normalized spacial score (nSPS) is 23.8. The Hall–Kier alpha value is -2.34. The van der Waals surface area contributed by atoms with E-state index in [9.17, 15) is 18.7 Å². The first-order valence-corrected chi connectivity index (χ1v) is 7.91. The lowest BCUT2D eigenvalue weighted by Crippen LogP contribution is -2.51. The molecule has 1 N–H and O–H groups in total. The van der Waals surface area contributed by atoms with Gasteiger partial charge in [0, 0.05) is 17.7 Å². The molecule has 1 aliphatic carbocycles. The van der Waals surface area contributed by atoms with Gasteiger partial charge in [-0.25, -0.2) is 8.78 Å². The second-order valence-electron chi connectivity index (χ2n) is 6.37. The van der Waals surface area contributed by atoms with Gasteiger partial charge >= 0.3 is 0 Å². The molecule has 2 aromatic rings. The number of aliphatic hydroxyl groups is 1. The van der Waals surface area contributed by atoms with Crippen molar-refractivity contribution in [1.82, 2.24) is 5.01 Å². The summed E-state index contributed by atoms with van der Waals surface area (Å²) in [5.74, 6) is -0.592. The van der Waals surface area contributed by atoms with Gasteiger partial charge in [0.25, 0.3) is 12.3 Å². The molecule has 1 saturated carbocycles. The highest BCUT2D eigenvalue weighted by molar-refractivity contribution is 6.08. The zero-order valence-electron chi connectivity index (χ0n) is 12.8. The van der Waals surface area contributed by atoms with Crippen LogP contribution in [0.1, 0.15) is 29.6 Å². The van der Waals surface area contributed by atoms with E-state index >= 15 is 0 Å². The first-order chi connectivity index (χ1) is 11.5. The van der Waals surface area contributed by atoms with Gasteiger partial charge in [-0.05, 0) is 35.6 Å². The van der Waals surface area contributed by atoms with Crippen LogP contribution in [0.15, 0.2) is 47.6 Å². The van der Waals surface area contributed by atoms with Gasteiger partial charge in [0.05, 0.1) is 0 Å². The number of fused-ring (bicyclic) bond motifs is 1. The molecule has 0 aromatic heterocycles. The zero-order valence-corrected chi connectivity index (χ0v) is 12.8. The standard InChI is InChI=1S/C18H16F2N2O2/c19-17(20)18(24)10-15(12-8-9-12)21-22(18)16(23)14-7-3-5-11-4-1-2-6-13(11)14/h1-7,12,17,24H,8-10H2. The lowest BCUT2D eigenvalue weighted by Gasteiger charge is -2.30. The third-order valence-corrected chi connectivity index (χ3v) is 4.65. The summed E-state index contributed by atoms with van der Waals surface area (Å²) in [6, 6.07) is 12.3. The zero-order chi connectivity index (χ0) is 16.9. The largest absolute Gasteiger partial charge is 0.364 e. The Bertz CT molecular complexity index is 843. The van der Waals surface area contributed by atoms with E-state index in [0.29, 0.717) is 16.1 Å². The van der Waals surface area contributed by atoms with Crippen LogP contribution in [0, 0.1) is 5.92 Å². The summed E-state index contributed by atoms with van der Waals surface area (Å²) in [5, 5.41) is 16.6. The molecular formula is C18H16F2N2O2. The Kier molecular flexibility index (Phi) is 3.38. The third-order valence-electron chi connectivity index (χ3n) is 4.65. The second-order valence-corrected chi connectivity index (χ2v) is 6.37. The maximum absolute atomic E-state index is 13.5. The molecule has 1 atom stereocenters. The highest BCUT2D eigenvalue weighted by Gasteiger charge is 2.54. The number of alkyl halides is 2. The molecule has 4 nitrogen and oxygen atoms in total. The number of rotatable bonds is 3. The predicted octanol–water partition coefficient (Wildman–Crippen LogP) is 3.41. The molecule has 24 heavy (non-hydrogen) atoms. The SMILES string of the molecule is O=C(c1cccc2ccccc12)N1N=C(C2CC2)CC1(O)C(F)F. The van der Waals surface area contributed by atoms with Crippen molar-refractivity contribution in [3.8, 4) is 0 Å². The van der Waals surface area contributed by atoms with Gasteiger partial charge in [-0.15, -0.1) is 0 Å². The summed E-state index contributed by atoms with van der Waals surface area (Å²) in [5.41, 5.74) is -1.81. The first-order valence-electron chi connectivity index (χ1n) is 7.91. The maximum Gasteiger partial charge on any atom is 0.287 e. The minimum Gasteiger partial charge on any atom is -0.364 e. The maximum atomic E-state index is 13.5. The lowest BCUT2D eigenvalue weighted by atomic mass is 10.0. The van der Waals surface area contributed by atoms with Crippen molar-refractivity contribution in [3.63, 3.8) is 0 Å². The van der Waals surface area contributed by atoms with Gasteiger partial charge in [0.15, 0.2) is 0 Å². The van der Waals surface area contributed by atoms with Crippen molar-refractivity contribution in [3.05, 3.63) is 48.0 Å².